The summed E-state index contributed by atoms with van der Waals surface area (Å²) in [6.45, 7) is 0.104. The lowest BCUT2D eigenvalue weighted by atomic mass is 9.86. The Morgan fingerprint density at radius 1 is 1.07 bits per heavy atom. The molecular formula is C30H30ClFN4O5. The number of anilines is 1. The maximum Gasteiger partial charge on any atom is 0.320 e. The molecule has 41 heavy (non-hydrogen) atoms. The minimum absolute atomic E-state index is 0.104. The van der Waals surface area contributed by atoms with Crippen LogP contribution in [-0.4, -0.2) is 57.1 Å². The quantitative estimate of drug-likeness (QED) is 0.322. The molecule has 0 radical (unpaired) electrons. The van der Waals surface area contributed by atoms with Crippen LogP contribution in [0.5, 0.6) is 0 Å². The first-order valence-electron chi connectivity index (χ1n) is 13.6. The molecule has 214 valence electrons. The van der Waals surface area contributed by atoms with Gasteiger partial charge in [-0.3, -0.25) is 24.3 Å². The number of carboxylic acids is 1. The summed E-state index contributed by atoms with van der Waals surface area (Å²) in [5.74, 6) is -4.94. The van der Waals surface area contributed by atoms with Gasteiger partial charge in [0.15, 0.2) is 5.78 Å². The Bertz CT molecular complexity index is 1500. The van der Waals surface area contributed by atoms with Crippen molar-refractivity contribution in [1.82, 2.24) is 15.2 Å². The molecule has 1 unspecified atom stereocenters. The average molecular weight is 581 g/mol. The lowest BCUT2D eigenvalue weighted by molar-refractivity contribution is -0.143. The molecule has 11 heteroatoms. The molecule has 2 heterocycles. The fourth-order valence-corrected chi connectivity index (χ4v) is 5.90. The molecule has 3 N–H and O–H groups in total. The van der Waals surface area contributed by atoms with Crippen LogP contribution < -0.4 is 10.6 Å². The van der Waals surface area contributed by atoms with E-state index in [9.17, 15) is 24.3 Å². The number of carboxylic acid groups (broad SMARTS) is 1. The molecule has 1 saturated heterocycles. The summed E-state index contributed by atoms with van der Waals surface area (Å²) in [7, 11) is 0. The Morgan fingerprint density at radius 3 is 2.56 bits per heavy atom. The molecule has 9 nitrogen and oxygen atoms in total. The first kappa shape index (κ1) is 28.5. The molecule has 2 fully saturated rings. The molecule has 3 amide bonds. The van der Waals surface area contributed by atoms with Crippen molar-refractivity contribution in [1.29, 1.82) is 0 Å². The number of aliphatic carboxylic acids is 1. The lowest BCUT2D eigenvalue weighted by Crippen LogP contribution is -2.55. The number of amides is 3. The molecule has 1 atom stereocenters. The van der Waals surface area contributed by atoms with Gasteiger partial charge in [0.2, 0.25) is 5.79 Å². The summed E-state index contributed by atoms with van der Waals surface area (Å²) in [5.41, 5.74) is 1.00. The molecule has 3 aromatic rings. The van der Waals surface area contributed by atoms with Crippen molar-refractivity contribution in [2.75, 3.05) is 11.9 Å². The van der Waals surface area contributed by atoms with Crippen molar-refractivity contribution in [2.24, 2.45) is 5.92 Å². The Labute approximate surface area is 241 Å². The van der Waals surface area contributed by atoms with Gasteiger partial charge in [-0.1, -0.05) is 41.9 Å². The smallest absolute Gasteiger partial charge is 0.320 e. The average Bonchev–Trinajstić information content (AvgIpc) is 3.37. The van der Waals surface area contributed by atoms with Crippen LogP contribution in [0, 0.1) is 5.92 Å². The normalized spacial score (nSPS) is 22.3. The third-order valence-electron chi connectivity index (χ3n) is 7.93. The number of hydrogen-bond acceptors (Lipinski definition) is 5. The maximum atomic E-state index is 16.0. The maximum absolute atomic E-state index is 16.0. The van der Waals surface area contributed by atoms with E-state index >= 15 is 4.39 Å². The molecule has 5 rings (SSSR count). The number of hydrogen-bond donors (Lipinski definition) is 3. The summed E-state index contributed by atoms with van der Waals surface area (Å²) in [6, 6.07) is 12.9. The van der Waals surface area contributed by atoms with Crippen LogP contribution in [0.25, 0.3) is 10.8 Å². The van der Waals surface area contributed by atoms with Gasteiger partial charge in [0.05, 0.1) is 16.6 Å². The topological polar surface area (TPSA) is 129 Å². The number of fused-ring (bicyclic) bond motifs is 1. The molecule has 1 aliphatic heterocycles. The monoisotopic (exact) mass is 580 g/mol. The third kappa shape index (κ3) is 6.02. The number of ketones is 1. The number of alkyl halides is 1. The van der Waals surface area contributed by atoms with Crippen LogP contribution in [0.2, 0.25) is 5.02 Å². The fraction of sp³-hybridized carbons (Fsp3) is 0.367. The van der Waals surface area contributed by atoms with Gasteiger partial charge >= 0.3 is 12.0 Å². The van der Waals surface area contributed by atoms with Gasteiger partial charge in [-0.25, -0.2) is 9.18 Å². The molecule has 0 spiro atoms. The van der Waals surface area contributed by atoms with Crippen molar-refractivity contribution in [3.05, 3.63) is 71.0 Å². The number of carbonyl (C=O) groups is 4. The van der Waals surface area contributed by atoms with Gasteiger partial charge in [-0.2, -0.15) is 0 Å². The predicted molar refractivity (Wildman–Crippen MR) is 152 cm³/mol. The first-order valence-corrected chi connectivity index (χ1v) is 14.0. The van der Waals surface area contributed by atoms with Gasteiger partial charge in [-0.15, -0.1) is 0 Å². The molecule has 2 aromatic carbocycles. The van der Waals surface area contributed by atoms with Gasteiger partial charge in [0, 0.05) is 37.0 Å². The van der Waals surface area contributed by atoms with Crippen molar-refractivity contribution < 1.29 is 28.7 Å². The first-order chi connectivity index (χ1) is 19.7. The van der Waals surface area contributed by atoms with E-state index in [1.54, 1.807) is 24.4 Å². The molecular weight excluding hydrogens is 551 g/mol. The highest BCUT2D eigenvalue weighted by molar-refractivity contribution is 6.34. The Hall–Kier alpha value is -4.05. The zero-order chi connectivity index (χ0) is 29.1. The van der Waals surface area contributed by atoms with E-state index < -0.39 is 35.4 Å². The van der Waals surface area contributed by atoms with Gasteiger partial charge < -0.3 is 15.7 Å². The largest absolute Gasteiger partial charge is 0.481 e. The van der Waals surface area contributed by atoms with Crippen LogP contribution in [-0.2, 0) is 16.0 Å². The number of likely N-dealkylation sites (tertiary alicyclic amines) is 1. The third-order valence-corrected chi connectivity index (χ3v) is 8.24. The minimum Gasteiger partial charge on any atom is -0.481 e. The van der Waals surface area contributed by atoms with Crippen molar-refractivity contribution in [3.63, 3.8) is 0 Å². The van der Waals surface area contributed by atoms with E-state index in [2.05, 4.69) is 15.6 Å². The molecule has 1 aromatic heterocycles. The summed E-state index contributed by atoms with van der Waals surface area (Å²) >= 11 is 6.42. The fourth-order valence-electron chi connectivity index (χ4n) is 5.65. The van der Waals surface area contributed by atoms with Gasteiger partial charge in [0.25, 0.3) is 5.91 Å². The SMILES string of the molecule is O=C(Nc1ccc(CC(=O)C2(F)CCCN2C(=O)NC2CCC(C(=O)O)CC2)cc1Cl)c1nccc2ccccc12. The lowest BCUT2D eigenvalue weighted by Gasteiger charge is -2.33. The number of pyridine rings is 1. The predicted octanol–water partition coefficient (Wildman–Crippen LogP) is 5.37. The Morgan fingerprint density at radius 2 is 1.83 bits per heavy atom. The number of aromatic nitrogens is 1. The van der Waals surface area contributed by atoms with Gasteiger partial charge in [0.1, 0.15) is 5.69 Å². The zero-order valence-electron chi connectivity index (χ0n) is 22.2. The standard InChI is InChI=1S/C30H30ClFN4O5/c31-23-16-18(6-11-24(23)35-27(38)26-22-5-2-1-4-19(22)12-14-33-26)17-25(37)30(32)13-3-15-36(30)29(41)34-21-9-7-20(8-10-21)28(39)40/h1-2,4-6,11-12,14,16,20-21H,3,7-10,13,15,17H2,(H,34,41)(H,35,38)(H,39,40). The summed E-state index contributed by atoms with van der Waals surface area (Å²) < 4.78 is 16.0. The highest BCUT2D eigenvalue weighted by atomic mass is 35.5. The second-order valence-corrected chi connectivity index (χ2v) is 11.0. The second-order valence-electron chi connectivity index (χ2n) is 10.6. The summed E-state index contributed by atoms with van der Waals surface area (Å²) in [4.78, 5) is 55.4. The van der Waals surface area contributed by atoms with E-state index in [1.165, 1.54) is 6.07 Å². The minimum atomic E-state index is -2.46. The number of nitrogens with zero attached hydrogens (tertiary/aromatic N) is 2. The number of Topliss-reactive ketones (excluding diaryl/α,β-unsaturated/α-hetero) is 1. The van der Waals surface area contributed by atoms with E-state index in [0.717, 1.165) is 10.3 Å². The van der Waals surface area contributed by atoms with E-state index in [0.29, 0.717) is 48.7 Å². The van der Waals surface area contributed by atoms with Crippen molar-refractivity contribution in [2.45, 2.75) is 56.8 Å². The van der Waals surface area contributed by atoms with Crippen LogP contribution in [0.15, 0.2) is 54.7 Å². The molecule has 0 bridgehead atoms. The number of carbonyl (C=O) groups excluding carboxylic acids is 3. The van der Waals surface area contributed by atoms with Crippen LogP contribution in [0.3, 0.4) is 0 Å². The summed E-state index contributed by atoms with van der Waals surface area (Å²) in [5, 5.41) is 16.4. The number of nitrogens with one attached hydrogen (secondary N) is 2. The highest BCUT2D eigenvalue weighted by Gasteiger charge is 2.50. The molecule has 1 aliphatic carbocycles. The highest BCUT2D eigenvalue weighted by Crippen LogP contribution is 2.34. The Balaban J connectivity index is 1.22. The van der Waals surface area contributed by atoms with Crippen molar-refractivity contribution in [3.8, 4) is 0 Å². The van der Waals surface area contributed by atoms with Crippen LogP contribution >= 0.6 is 11.6 Å². The number of halogens is 2. The molecule has 1 saturated carbocycles. The van der Waals surface area contributed by atoms with Crippen LogP contribution in [0.1, 0.15) is 54.6 Å². The van der Waals surface area contributed by atoms with E-state index in [-0.39, 0.29) is 36.1 Å². The number of urea groups is 1. The van der Waals surface area contributed by atoms with Crippen molar-refractivity contribution >= 4 is 51.8 Å². The van der Waals surface area contributed by atoms with Crippen LogP contribution in [0.4, 0.5) is 14.9 Å². The van der Waals surface area contributed by atoms with E-state index in [1.807, 2.05) is 24.3 Å². The van der Waals surface area contributed by atoms with E-state index in [4.69, 9.17) is 11.6 Å². The number of benzene rings is 2. The van der Waals surface area contributed by atoms with Gasteiger partial charge in [-0.05, 0) is 61.3 Å². The number of rotatable bonds is 7. The zero-order valence-corrected chi connectivity index (χ0v) is 23.0. The summed E-state index contributed by atoms with van der Waals surface area (Å²) in [6.07, 6.45) is 3.36. The Kier molecular flexibility index (Phi) is 8.21. The second kappa shape index (κ2) is 11.8. The molecule has 2 aliphatic rings.